The van der Waals surface area contributed by atoms with Gasteiger partial charge < -0.3 is 10.4 Å². The monoisotopic (exact) mass is 303 g/mol. The summed E-state index contributed by atoms with van der Waals surface area (Å²) in [6, 6.07) is 0. The summed E-state index contributed by atoms with van der Waals surface area (Å²) < 4.78 is 2.57. The summed E-state index contributed by atoms with van der Waals surface area (Å²) in [6.07, 6.45) is 2.38. The number of hydrogen-bond acceptors (Lipinski definition) is 3. The maximum absolute atomic E-state index is 10.5. The molecule has 0 aliphatic carbocycles. The van der Waals surface area contributed by atoms with Gasteiger partial charge in [-0.1, -0.05) is 13.8 Å². The molecule has 1 unspecified atom stereocenters. The van der Waals surface area contributed by atoms with Crippen LogP contribution < -0.4 is 5.32 Å². The van der Waals surface area contributed by atoms with Crippen molar-refractivity contribution in [3.05, 3.63) is 16.4 Å². The molecule has 4 nitrogen and oxygen atoms in total. The average molecular weight is 304 g/mol. The number of hydrogen-bond donors (Lipinski definition) is 2. The van der Waals surface area contributed by atoms with Crippen molar-refractivity contribution in [2.75, 3.05) is 13.1 Å². The number of aliphatic hydroxyl groups is 1. The van der Waals surface area contributed by atoms with Crippen molar-refractivity contribution in [2.24, 2.45) is 13.0 Å². The van der Waals surface area contributed by atoms with E-state index in [1.807, 2.05) is 14.0 Å². The van der Waals surface area contributed by atoms with Gasteiger partial charge in [-0.15, -0.1) is 0 Å². The summed E-state index contributed by atoms with van der Waals surface area (Å²) in [7, 11) is 1.84. The molecule has 17 heavy (non-hydrogen) atoms. The molecule has 1 atom stereocenters. The maximum atomic E-state index is 10.5. The lowest BCUT2D eigenvalue weighted by molar-refractivity contribution is 0.0388. The van der Waals surface area contributed by atoms with Crippen LogP contribution in [0.2, 0.25) is 0 Å². The van der Waals surface area contributed by atoms with Gasteiger partial charge in [0.1, 0.15) is 5.60 Å². The van der Waals surface area contributed by atoms with Crippen LogP contribution in [0, 0.1) is 5.92 Å². The number of halogens is 1. The topological polar surface area (TPSA) is 50.1 Å². The molecule has 0 aliphatic heterocycles. The SMILES string of the molecule is CC(C)CNCCC(C)(O)c1c(Br)cnn1C. The van der Waals surface area contributed by atoms with Gasteiger partial charge in [0.05, 0.1) is 16.4 Å². The van der Waals surface area contributed by atoms with E-state index in [4.69, 9.17) is 0 Å². The lowest BCUT2D eigenvalue weighted by Gasteiger charge is -2.24. The Balaban J connectivity index is 2.57. The molecule has 98 valence electrons. The van der Waals surface area contributed by atoms with Crippen LogP contribution in [-0.2, 0) is 12.6 Å². The highest BCUT2D eigenvalue weighted by Crippen LogP contribution is 2.29. The second kappa shape index (κ2) is 5.98. The van der Waals surface area contributed by atoms with Gasteiger partial charge in [0.25, 0.3) is 0 Å². The molecule has 0 radical (unpaired) electrons. The van der Waals surface area contributed by atoms with E-state index >= 15 is 0 Å². The zero-order valence-electron chi connectivity index (χ0n) is 11.0. The van der Waals surface area contributed by atoms with E-state index in [0.717, 1.165) is 23.3 Å². The third-order valence-electron chi connectivity index (χ3n) is 2.75. The van der Waals surface area contributed by atoms with Gasteiger partial charge in [0.15, 0.2) is 0 Å². The van der Waals surface area contributed by atoms with Crippen molar-refractivity contribution < 1.29 is 5.11 Å². The summed E-state index contributed by atoms with van der Waals surface area (Å²) in [5.74, 6) is 0.628. The minimum absolute atomic E-state index is 0.628. The van der Waals surface area contributed by atoms with E-state index in [1.165, 1.54) is 0 Å². The fourth-order valence-electron chi connectivity index (χ4n) is 1.86. The molecule has 1 rings (SSSR count). The molecule has 0 aliphatic rings. The highest BCUT2D eigenvalue weighted by molar-refractivity contribution is 9.10. The van der Waals surface area contributed by atoms with Gasteiger partial charge in [0, 0.05) is 7.05 Å². The van der Waals surface area contributed by atoms with Crippen LogP contribution in [0.15, 0.2) is 10.7 Å². The molecular formula is C12H22BrN3O. The highest BCUT2D eigenvalue weighted by Gasteiger charge is 2.28. The summed E-state index contributed by atoms with van der Waals surface area (Å²) >= 11 is 3.42. The molecule has 1 aromatic rings. The second-order valence-corrected chi connectivity index (χ2v) is 5.94. The van der Waals surface area contributed by atoms with Crippen LogP contribution in [0.5, 0.6) is 0 Å². The fourth-order valence-corrected chi connectivity index (χ4v) is 2.63. The Hall–Kier alpha value is -0.390. The van der Waals surface area contributed by atoms with Crippen molar-refractivity contribution >= 4 is 15.9 Å². The lowest BCUT2D eigenvalue weighted by atomic mass is 9.98. The average Bonchev–Trinajstić information content (AvgIpc) is 2.53. The van der Waals surface area contributed by atoms with Gasteiger partial charge >= 0.3 is 0 Å². The fraction of sp³-hybridized carbons (Fsp3) is 0.750. The number of nitrogens with one attached hydrogen (secondary N) is 1. The smallest absolute Gasteiger partial charge is 0.106 e. The first kappa shape index (κ1) is 14.7. The van der Waals surface area contributed by atoms with Crippen molar-refractivity contribution in [2.45, 2.75) is 32.8 Å². The van der Waals surface area contributed by atoms with Gasteiger partial charge in [-0.05, 0) is 48.3 Å². The van der Waals surface area contributed by atoms with E-state index in [9.17, 15) is 5.11 Å². The van der Waals surface area contributed by atoms with E-state index in [-0.39, 0.29) is 0 Å². The molecule has 0 amide bonds. The number of rotatable bonds is 6. The van der Waals surface area contributed by atoms with Crippen LogP contribution in [0.3, 0.4) is 0 Å². The Morgan fingerprint density at radius 2 is 2.24 bits per heavy atom. The minimum Gasteiger partial charge on any atom is -0.384 e. The largest absolute Gasteiger partial charge is 0.384 e. The molecule has 5 heteroatoms. The molecule has 1 heterocycles. The van der Waals surface area contributed by atoms with Crippen LogP contribution in [0.4, 0.5) is 0 Å². The van der Waals surface area contributed by atoms with Gasteiger partial charge in [0.2, 0.25) is 0 Å². The van der Waals surface area contributed by atoms with Gasteiger partial charge in [-0.3, -0.25) is 4.68 Å². The molecule has 0 saturated carbocycles. The van der Waals surface area contributed by atoms with Crippen molar-refractivity contribution in [1.82, 2.24) is 15.1 Å². The summed E-state index contributed by atoms with van der Waals surface area (Å²) in [6.45, 7) is 7.93. The van der Waals surface area contributed by atoms with Crippen LogP contribution >= 0.6 is 15.9 Å². The molecule has 0 spiro atoms. The van der Waals surface area contributed by atoms with Crippen LogP contribution in [-0.4, -0.2) is 28.0 Å². The quantitative estimate of drug-likeness (QED) is 0.791. The predicted octanol–water partition coefficient (Wildman–Crippen LogP) is 2.03. The van der Waals surface area contributed by atoms with Crippen molar-refractivity contribution in [1.29, 1.82) is 0 Å². The Morgan fingerprint density at radius 3 is 2.71 bits per heavy atom. The second-order valence-electron chi connectivity index (χ2n) is 5.09. The van der Waals surface area contributed by atoms with E-state index in [1.54, 1.807) is 10.9 Å². The van der Waals surface area contributed by atoms with Gasteiger partial charge in [-0.25, -0.2) is 0 Å². The summed E-state index contributed by atoms with van der Waals surface area (Å²) in [4.78, 5) is 0. The molecular weight excluding hydrogens is 282 g/mol. The summed E-state index contributed by atoms with van der Waals surface area (Å²) in [5, 5.41) is 17.9. The van der Waals surface area contributed by atoms with Crippen LogP contribution in [0.25, 0.3) is 0 Å². The zero-order valence-corrected chi connectivity index (χ0v) is 12.6. The Morgan fingerprint density at radius 1 is 1.59 bits per heavy atom. The Labute approximate surface area is 112 Å². The highest BCUT2D eigenvalue weighted by atomic mass is 79.9. The molecule has 0 saturated heterocycles. The van der Waals surface area contributed by atoms with E-state index in [2.05, 4.69) is 40.2 Å². The standard InChI is InChI=1S/C12H22BrN3O/c1-9(2)7-14-6-5-12(3,17)11-10(13)8-15-16(11)4/h8-9,14,17H,5-7H2,1-4H3. The van der Waals surface area contributed by atoms with Gasteiger partial charge in [-0.2, -0.15) is 5.10 Å². The molecule has 0 fully saturated rings. The first-order valence-electron chi connectivity index (χ1n) is 5.95. The predicted molar refractivity (Wildman–Crippen MR) is 72.8 cm³/mol. The molecule has 0 aromatic carbocycles. The van der Waals surface area contributed by atoms with Crippen molar-refractivity contribution in [3.63, 3.8) is 0 Å². The van der Waals surface area contributed by atoms with E-state index < -0.39 is 5.60 Å². The first-order chi connectivity index (χ1) is 7.84. The number of aromatic nitrogens is 2. The maximum Gasteiger partial charge on any atom is 0.106 e. The first-order valence-corrected chi connectivity index (χ1v) is 6.75. The molecule has 1 aromatic heterocycles. The summed E-state index contributed by atoms with van der Waals surface area (Å²) in [5.41, 5.74) is -0.0440. The minimum atomic E-state index is -0.867. The molecule has 2 N–H and O–H groups in total. The van der Waals surface area contributed by atoms with E-state index in [0.29, 0.717) is 12.3 Å². The number of nitrogens with zero attached hydrogens (tertiary/aromatic N) is 2. The lowest BCUT2D eigenvalue weighted by Crippen LogP contribution is -2.31. The normalized spacial score (nSPS) is 15.2. The Kier molecular flexibility index (Phi) is 5.16. The Bertz CT molecular complexity index is 341. The molecule has 0 bridgehead atoms. The van der Waals surface area contributed by atoms with Crippen LogP contribution in [0.1, 0.15) is 32.9 Å². The zero-order chi connectivity index (χ0) is 13.1. The third kappa shape index (κ3) is 4.08. The number of aryl methyl sites for hydroxylation is 1. The third-order valence-corrected chi connectivity index (χ3v) is 3.33. The van der Waals surface area contributed by atoms with Crippen molar-refractivity contribution in [3.8, 4) is 0 Å².